The van der Waals surface area contributed by atoms with Crippen molar-refractivity contribution in [2.45, 2.75) is 82.7 Å². The molecule has 2 nitrogen and oxygen atoms in total. The molecule has 1 aliphatic heterocycles. The second-order valence-corrected chi connectivity index (χ2v) is 7.33. The van der Waals surface area contributed by atoms with Gasteiger partial charge in [-0.25, -0.2) is 0 Å². The van der Waals surface area contributed by atoms with Gasteiger partial charge in [0.15, 0.2) is 0 Å². The summed E-state index contributed by atoms with van der Waals surface area (Å²) >= 11 is 0. The third-order valence-electron chi connectivity index (χ3n) is 6.03. The molecule has 0 aromatic carbocycles. The van der Waals surface area contributed by atoms with Gasteiger partial charge in [-0.1, -0.05) is 44.9 Å². The molecule has 0 amide bonds. The molecule has 1 unspecified atom stereocenters. The van der Waals surface area contributed by atoms with Crippen molar-refractivity contribution < 1.29 is 0 Å². The Bertz CT molecular complexity index is 254. The molecule has 2 heteroatoms. The molecule has 3 aliphatic rings. The van der Waals surface area contributed by atoms with Crippen LogP contribution >= 0.6 is 0 Å². The third-order valence-corrected chi connectivity index (χ3v) is 6.03. The first kappa shape index (κ1) is 13.9. The van der Waals surface area contributed by atoms with Crippen molar-refractivity contribution in [3.8, 4) is 0 Å². The van der Waals surface area contributed by atoms with Crippen molar-refractivity contribution in [1.82, 2.24) is 4.90 Å². The quantitative estimate of drug-likeness (QED) is 0.785. The average molecular weight is 264 g/mol. The van der Waals surface area contributed by atoms with E-state index < -0.39 is 0 Å². The zero-order valence-corrected chi connectivity index (χ0v) is 12.5. The van der Waals surface area contributed by atoms with Crippen LogP contribution in [0.15, 0.2) is 0 Å². The minimum Gasteiger partial charge on any atom is -0.327 e. The lowest BCUT2D eigenvalue weighted by Gasteiger charge is -2.41. The van der Waals surface area contributed by atoms with Gasteiger partial charge < -0.3 is 5.73 Å². The molecule has 0 aromatic heterocycles. The first-order valence-corrected chi connectivity index (χ1v) is 8.84. The Hall–Kier alpha value is -0.0800. The second kappa shape index (κ2) is 6.58. The van der Waals surface area contributed by atoms with Crippen molar-refractivity contribution in [2.75, 3.05) is 13.1 Å². The highest BCUT2D eigenvalue weighted by Gasteiger charge is 2.41. The van der Waals surface area contributed by atoms with Gasteiger partial charge in [0.05, 0.1) is 0 Å². The summed E-state index contributed by atoms with van der Waals surface area (Å²) in [5.74, 6) is 1.63. The molecular weight excluding hydrogens is 232 g/mol. The summed E-state index contributed by atoms with van der Waals surface area (Å²) in [5, 5.41) is 0. The van der Waals surface area contributed by atoms with Crippen LogP contribution in [0.25, 0.3) is 0 Å². The predicted molar refractivity (Wildman–Crippen MR) is 81.1 cm³/mol. The maximum atomic E-state index is 6.35. The van der Waals surface area contributed by atoms with Gasteiger partial charge >= 0.3 is 0 Å². The van der Waals surface area contributed by atoms with Gasteiger partial charge in [0.1, 0.15) is 0 Å². The van der Waals surface area contributed by atoms with Gasteiger partial charge in [0.2, 0.25) is 0 Å². The summed E-state index contributed by atoms with van der Waals surface area (Å²) in [4.78, 5) is 2.84. The highest BCUT2D eigenvalue weighted by Crippen LogP contribution is 2.37. The fourth-order valence-corrected chi connectivity index (χ4v) is 4.75. The zero-order chi connectivity index (χ0) is 13.1. The van der Waals surface area contributed by atoms with Crippen LogP contribution < -0.4 is 5.73 Å². The molecule has 2 saturated carbocycles. The van der Waals surface area contributed by atoms with Crippen molar-refractivity contribution in [3.63, 3.8) is 0 Å². The maximum absolute atomic E-state index is 6.35. The lowest BCUT2D eigenvalue weighted by Crippen LogP contribution is -2.52. The molecule has 3 fully saturated rings. The van der Waals surface area contributed by atoms with Crippen LogP contribution in [0.2, 0.25) is 0 Å². The smallest absolute Gasteiger partial charge is 0.0120 e. The molecule has 0 aromatic rings. The average Bonchev–Trinajstić information content (AvgIpc) is 2.67. The maximum Gasteiger partial charge on any atom is 0.0120 e. The van der Waals surface area contributed by atoms with Crippen molar-refractivity contribution in [3.05, 3.63) is 0 Å². The lowest BCUT2D eigenvalue weighted by molar-refractivity contribution is 0.0881. The van der Waals surface area contributed by atoms with Crippen LogP contribution in [0.1, 0.15) is 70.6 Å². The molecule has 3 atom stereocenters. The molecular formula is C17H32N2. The monoisotopic (exact) mass is 264 g/mol. The first-order valence-electron chi connectivity index (χ1n) is 8.84. The number of fused-ring (bicyclic) bond motifs is 2. The van der Waals surface area contributed by atoms with E-state index in [2.05, 4.69) is 4.90 Å². The molecule has 0 spiro atoms. The number of rotatable bonds is 1. The van der Waals surface area contributed by atoms with E-state index in [1.54, 1.807) is 0 Å². The molecule has 19 heavy (non-hydrogen) atoms. The summed E-state index contributed by atoms with van der Waals surface area (Å²) < 4.78 is 0. The lowest BCUT2D eigenvalue weighted by atomic mass is 9.89. The van der Waals surface area contributed by atoms with Crippen LogP contribution in [-0.2, 0) is 0 Å². The Kier molecular flexibility index (Phi) is 4.81. The van der Waals surface area contributed by atoms with E-state index in [0.29, 0.717) is 6.04 Å². The first-order chi connectivity index (χ1) is 9.34. The molecule has 2 bridgehead atoms. The fraction of sp³-hybridized carbons (Fsp3) is 1.00. The Balaban J connectivity index is 1.56. The normalized spacial score (nSPS) is 39.3. The van der Waals surface area contributed by atoms with Gasteiger partial charge in [0, 0.05) is 25.2 Å². The number of likely N-dealkylation sites (tertiary alicyclic amines) is 1. The summed E-state index contributed by atoms with van der Waals surface area (Å²) in [7, 11) is 0. The summed E-state index contributed by atoms with van der Waals surface area (Å²) in [6.07, 6.45) is 16.0. The van der Waals surface area contributed by atoms with E-state index in [1.165, 1.54) is 83.7 Å². The minimum absolute atomic E-state index is 0.524. The Labute approximate surface area is 119 Å². The van der Waals surface area contributed by atoms with Gasteiger partial charge in [-0.2, -0.15) is 0 Å². The predicted octanol–water partition coefficient (Wildman–Crippen LogP) is 3.55. The number of nitrogens with zero attached hydrogens (tertiary/aromatic N) is 1. The zero-order valence-electron chi connectivity index (χ0n) is 12.5. The fourth-order valence-electron chi connectivity index (χ4n) is 4.75. The van der Waals surface area contributed by atoms with E-state index in [4.69, 9.17) is 5.73 Å². The number of hydrogen-bond donors (Lipinski definition) is 1. The summed E-state index contributed by atoms with van der Waals surface area (Å²) in [5.41, 5.74) is 6.35. The van der Waals surface area contributed by atoms with Crippen molar-refractivity contribution in [2.24, 2.45) is 17.6 Å². The van der Waals surface area contributed by atoms with Crippen LogP contribution in [0.3, 0.4) is 0 Å². The van der Waals surface area contributed by atoms with E-state index in [0.717, 1.165) is 17.9 Å². The van der Waals surface area contributed by atoms with Crippen LogP contribution in [0.4, 0.5) is 0 Å². The van der Waals surface area contributed by atoms with Crippen molar-refractivity contribution >= 4 is 0 Å². The molecule has 3 rings (SSSR count). The van der Waals surface area contributed by atoms with Crippen LogP contribution in [0.5, 0.6) is 0 Å². The Morgan fingerprint density at radius 1 is 0.632 bits per heavy atom. The van der Waals surface area contributed by atoms with Gasteiger partial charge in [0.25, 0.3) is 0 Å². The highest BCUT2D eigenvalue weighted by molar-refractivity contribution is 4.96. The van der Waals surface area contributed by atoms with E-state index in [9.17, 15) is 0 Å². The summed E-state index contributed by atoms with van der Waals surface area (Å²) in [6.45, 7) is 2.62. The summed E-state index contributed by atoms with van der Waals surface area (Å²) in [6, 6.07) is 1.41. The second-order valence-electron chi connectivity index (χ2n) is 7.33. The SMILES string of the molecule is NC1[C@@H]2CC[C@H]1CN(C1CCCCCCCCC1)C2. The highest BCUT2D eigenvalue weighted by atomic mass is 15.2. The molecule has 2 aliphatic carbocycles. The van der Waals surface area contributed by atoms with Gasteiger partial charge in [-0.05, 0) is 37.5 Å². The van der Waals surface area contributed by atoms with Crippen LogP contribution in [-0.4, -0.2) is 30.1 Å². The van der Waals surface area contributed by atoms with Crippen molar-refractivity contribution in [1.29, 1.82) is 0 Å². The Morgan fingerprint density at radius 3 is 1.63 bits per heavy atom. The molecule has 0 radical (unpaired) electrons. The van der Waals surface area contributed by atoms with E-state index in [1.807, 2.05) is 0 Å². The number of hydrogen-bond acceptors (Lipinski definition) is 2. The largest absolute Gasteiger partial charge is 0.327 e. The third kappa shape index (κ3) is 3.33. The standard InChI is InChI=1S/C17H32N2/c18-17-14-10-11-15(17)13-19(12-14)16-8-6-4-2-1-3-5-7-9-16/h14-17H,1-13,18H2/t14-,15+,17?. The van der Waals surface area contributed by atoms with Gasteiger partial charge in [-0.15, -0.1) is 0 Å². The molecule has 1 saturated heterocycles. The minimum atomic E-state index is 0.524. The molecule has 110 valence electrons. The topological polar surface area (TPSA) is 29.3 Å². The Morgan fingerprint density at radius 2 is 1.11 bits per heavy atom. The molecule has 1 heterocycles. The van der Waals surface area contributed by atoms with Crippen LogP contribution in [0, 0.1) is 11.8 Å². The number of piperidine rings is 1. The van der Waals surface area contributed by atoms with Gasteiger partial charge in [-0.3, -0.25) is 4.90 Å². The molecule has 2 N–H and O–H groups in total. The number of nitrogens with two attached hydrogens (primary N) is 1. The van der Waals surface area contributed by atoms with E-state index in [-0.39, 0.29) is 0 Å². The van der Waals surface area contributed by atoms with E-state index >= 15 is 0 Å².